The minimum absolute atomic E-state index is 0.0559. The van der Waals surface area contributed by atoms with Crippen molar-refractivity contribution in [1.82, 2.24) is 0 Å². The van der Waals surface area contributed by atoms with E-state index in [4.69, 9.17) is 28.4 Å². The van der Waals surface area contributed by atoms with Gasteiger partial charge in [-0.05, 0) is 123 Å². The molecule has 0 N–H and O–H groups in total. The van der Waals surface area contributed by atoms with Gasteiger partial charge in [0.15, 0.2) is 0 Å². The topological polar surface area (TPSA) is 124 Å². The highest BCUT2D eigenvalue weighted by atomic mass is 16.5. The lowest BCUT2D eigenvalue weighted by Crippen LogP contribution is -2.14. The van der Waals surface area contributed by atoms with Gasteiger partial charge >= 0.3 is 23.9 Å². The molecule has 0 saturated heterocycles. The van der Waals surface area contributed by atoms with Crippen molar-refractivity contribution in [2.24, 2.45) is 0 Å². The van der Waals surface area contributed by atoms with Gasteiger partial charge in [-0.3, -0.25) is 9.59 Å². The van der Waals surface area contributed by atoms with Crippen LogP contribution in [0.1, 0.15) is 134 Å². The molecule has 0 unspecified atom stereocenters. The Hall–Kier alpha value is -6.16. The predicted molar refractivity (Wildman–Crippen MR) is 242 cm³/mol. The van der Waals surface area contributed by atoms with E-state index in [2.05, 4.69) is 13.2 Å². The van der Waals surface area contributed by atoms with Crippen LogP contribution in [0.25, 0.3) is 11.1 Å². The summed E-state index contributed by atoms with van der Waals surface area (Å²) < 4.78 is 34.4. The number of benzene rings is 4. The van der Waals surface area contributed by atoms with Crippen LogP contribution in [0.3, 0.4) is 0 Å². The van der Waals surface area contributed by atoms with Crippen molar-refractivity contribution in [1.29, 1.82) is 0 Å². The lowest BCUT2D eigenvalue weighted by Gasteiger charge is -2.20. The number of carbonyl (C=O) groups is 4. The summed E-state index contributed by atoms with van der Waals surface area (Å²) in [5.74, 6) is -0.842. The normalized spacial score (nSPS) is 10.7. The predicted octanol–water partition coefficient (Wildman–Crippen LogP) is 12.3. The van der Waals surface area contributed by atoms with E-state index in [0.29, 0.717) is 35.5 Å². The first-order valence-corrected chi connectivity index (χ1v) is 21.6. The largest absolute Gasteiger partial charge is 0.494 e. The zero-order valence-corrected chi connectivity index (χ0v) is 36.9. The number of ether oxygens (including phenoxy) is 6. The van der Waals surface area contributed by atoms with E-state index in [-0.39, 0.29) is 35.8 Å². The van der Waals surface area contributed by atoms with Gasteiger partial charge in [0.05, 0.1) is 24.3 Å². The number of allylic oxidation sites excluding steroid dienone is 2. The molecule has 0 fully saturated rings. The van der Waals surface area contributed by atoms with Gasteiger partial charge in [-0.25, -0.2) is 9.59 Å². The number of esters is 4. The molecular weight excluding hydrogens is 785 g/mol. The third-order valence-electron chi connectivity index (χ3n) is 10.1. The van der Waals surface area contributed by atoms with Gasteiger partial charge in [0.2, 0.25) is 0 Å². The Morgan fingerprint density at radius 3 is 1.19 bits per heavy atom. The Labute approximate surface area is 367 Å². The number of hydrogen-bond donors (Lipinski definition) is 0. The second-order valence-corrected chi connectivity index (χ2v) is 15.3. The van der Waals surface area contributed by atoms with Crippen molar-refractivity contribution in [2.45, 2.75) is 118 Å². The molecule has 4 aromatic rings. The van der Waals surface area contributed by atoms with Gasteiger partial charge in [-0.1, -0.05) is 74.9 Å². The molecule has 62 heavy (non-hydrogen) atoms. The van der Waals surface area contributed by atoms with Crippen LogP contribution in [0.5, 0.6) is 23.0 Å². The number of hydrogen-bond acceptors (Lipinski definition) is 10. The van der Waals surface area contributed by atoms with E-state index in [1.54, 1.807) is 26.0 Å². The van der Waals surface area contributed by atoms with E-state index in [1.165, 1.54) is 64.5 Å². The lowest BCUT2D eigenvalue weighted by molar-refractivity contribution is -0.132. The maximum Gasteiger partial charge on any atom is 0.339 e. The molecule has 4 aromatic carbocycles. The zero-order valence-electron chi connectivity index (χ0n) is 36.9. The fourth-order valence-electron chi connectivity index (χ4n) is 6.98. The summed E-state index contributed by atoms with van der Waals surface area (Å²) in [4.78, 5) is 52.1. The summed E-state index contributed by atoms with van der Waals surface area (Å²) in [5, 5.41) is 0. The second-order valence-electron chi connectivity index (χ2n) is 15.3. The first kappa shape index (κ1) is 48.5. The maximum atomic E-state index is 14.1. The molecule has 0 heterocycles. The van der Waals surface area contributed by atoms with Crippen LogP contribution in [0, 0.1) is 13.8 Å². The number of rotatable bonds is 27. The molecule has 0 aliphatic rings. The summed E-state index contributed by atoms with van der Waals surface area (Å²) in [7, 11) is 0. The van der Waals surface area contributed by atoms with Crippen LogP contribution < -0.4 is 18.9 Å². The van der Waals surface area contributed by atoms with Crippen molar-refractivity contribution < 1.29 is 47.6 Å². The van der Waals surface area contributed by atoms with Gasteiger partial charge < -0.3 is 28.4 Å². The Morgan fingerprint density at radius 1 is 0.484 bits per heavy atom. The van der Waals surface area contributed by atoms with E-state index in [9.17, 15) is 19.2 Å². The highest BCUT2D eigenvalue weighted by molar-refractivity contribution is 6.05. The molecule has 10 heteroatoms. The Kier molecular flexibility index (Phi) is 20.5. The molecule has 0 amide bonds. The minimum atomic E-state index is -0.709. The van der Waals surface area contributed by atoms with Crippen molar-refractivity contribution in [3.05, 3.63) is 131 Å². The summed E-state index contributed by atoms with van der Waals surface area (Å²) in [6.45, 7) is 14.7. The van der Waals surface area contributed by atoms with Crippen molar-refractivity contribution in [3.63, 3.8) is 0 Å². The van der Waals surface area contributed by atoms with Crippen LogP contribution in [0.15, 0.2) is 98.1 Å². The molecule has 0 spiro atoms. The summed E-state index contributed by atoms with van der Waals surface area (Å²) in [6.07, 6.45) is 17.2. The molecular formula is C52H62O10. The van der Waals surface area contributed by atoms with Crippen LogP contribution in [0.2, 0.25) is 0 Å². The minimum Gasteiger partial charge on any atom is -0.494 e. The van der Waals surface area contributed by atoms with Gasteiger partial charge in [-0.2, -0.15) is 0 Å². The van der Waals surface area contributed by atoms with Gasteiger partial charge in [0.25, 0.3) is 0 Å². The van der Waals surface area contributed by atoms with Crippen molar-refractivity contribution in [2.75, 3.05) is 13.2 Å². The first-order valence-electron chi connectivity index (χ1n) is 21.6. The average Bonchev–Trinajstić information content (AvgIpc) is 3.24. The summed E-state index contributed by atoms with van der Waals surface area (Å²) in [5.41, 5.74) is 3.37. The van der Waals surface area contributed by atoms with E-state index < -0.39 is 23.9 Å². The van der Waals surface area contributed by atoms with Crippen LogP contribution in [0.4, 0.5) is 0 Å². The fraction of sp³-hybridized carbons (Fsp3) is 0.385. The Balaban J connectivity index is 1.51. The fourth-order valence-corrected chi connectivity index (χ4v) is 6.98. The van der Waals surface area contributed by atoms with E-state index in [0.717, 1.165) is 61.2 Å². The molecule has 10 nitrogen and oxygen atoms in total. The smallest absolute Gasteiger partial charge is 0.339 e. The third-order valence-corrected chi connectivity index (χ3v) is 10.1. The third kappa shape index (κ3) is 16.4. The SMILES string of the molecule is C=CCCCCCCCOc1ccc(COC(=O)c2cc(OC(C)=O)cc(C)c2-c2c(C)cc(OC(C)=O)cc2C(=O)OCc2ccc(OCCCCCCCC=C)cc2)cc1. The monoisotopic (exact) mass is 846 g/mol. The van der Waals surface area contributed by atoms with Crippen molar-refractivity contribution >= 4 is 23.9 Å². The molecule has 0 aromatic heterocycles. The highest BCUT2D eigenvalue weighted by Crippen LogP contribution is 2.39. The van der Waals surface area contributed by atoms with E-state index >= 15 is 0 Å². The Morgan fingerprint density at radius 2 is 0.839 bits per heavy atom. The number of unbranched alkanes of at least 4 members (excludes halogenated alkanes) is 10. The molecule has 0 atom stereocenters. The van der Waals surface area contributed by atoms with Gasteiger partial charge in [0.1, 0.15) is 36.2 Å². The highest BCUT2D eigenvalue weighted by Gasteiger charge is 2.27. The van der Waals surface area contributed by atoms with Crippen LogP contribution in [-0.4, -0.2) is 37.1 Å². The molecule has 330 valence electrons. The summed E-state index contributed by atoms with van der Waals surface area (Å²) in [6, 6.07) is 20.8. The number of aryl methyl sites for hydroxylation is 2. The molecule has 0 bridgehead atoms. The van der Waals surface area contributed by atoms with Crippen LogP contribution >= 0.6 is 0 Å². The molecule has 4 rings (SSSR count). The second kappa shape index (κ2) is 26.2. The molecule has 0 saturated carbocycles. The quantitative estimate of drug-likeness (QED) is 0.0248. The lowest BCUT2D eigenvalue weighted by atomic mass is 9.88. The molecule has 0 aliphatic carbocycles. The molecule has 0 aliphatic heterocycles. The first-order chi connectivity index (χ1) is 30.0. The van der Waals surface area contributed by atoms with E-state index in [1.807, 2.05) is 60.7 Å². The van der Waals surface area contributed by atoms with Gasteiger partial charge in [0, 0.05) is 25.0 Å². The van der Waals surface area contributed by atoms with Crippen molar-refractivity contribution in [3.8, 4) is 34.1 Å². The van der Waals surface area contributed by atoms with Crippen LogP contribution in [-0.2, 0) is 32.3 Å². The Bertz CT molecular complexity index is 1950. The zero-order chi connectivity index (χ0) is 44.7. The standard InChI is InChI=1S/C52H62O10/c1-7-9-11-13-15-17-19-29-57-43-25-21-41(22-26-43)35-59-51(55)47-33-45(61-39(5)53)31-37(3)49(47)50-38(4)32-46(62-40(6)54)34-48(50)52(56)60-36-42-23-27-44(28-24-42)58-30-20-18-16-14-12-10-8-2/h7-8,21-28,31-34H,1-2,9-20,29-30,35-36H2,3-6H3. The number of carbonyl (C=O) groups excluding carboxylic acids is 4. The average molecular weight is 847 g/mol. The maximum absolute atomic E-state index is 14.1. The summed E-state index contributed by atoms with van der Waals surface area (Å²) >= 11 is 0. The van der Waals surface area contributed by atoms with Gasteiger partial charge in [-0.15, -0.1) is 13.2 Å². The molecule has 0 radical (unpaired) electrons.